The molecule has 1 aromatic rings. The first-order valence-electron chi connectivity index (χ1n) is 10.3. The summed E-state index contributed by atoms with van der Waals surface area (Å²) in [5, 5.41) is 19.2. The van der Waals surface area contributed by atoms with Crippen molar-refractivity contribution in [2.45, 2.75) is 67.2 Å². The van der Waals surface area contributed by atoms with Crippen LogP contribution in [0.4, 0.5) is 0 Å². The van der Waals surface area contributed by atoms with Crippen LogP contribution < -0.4 is 10.5 Å². The maximum absolute atomic E-state index is 10.6. The molecule has 0 amide bonds. The maximum Gasteiger partial charge on any atom is 0.205 e. The zero-order chi connectivity index (χ0) is 18.2. The molecule has 3 aliphatic carbocycles. The fourth-order valence-electron chi connectivity index (χ4n) is 7.24. The summed E-state index contributed by atoms with van der Waals surface area (Å²) in [7, 11) is 0. The Hall–Kier alpha value is -1.79. The average Bonchev–Trinajstić information content (AvgIpc) is 3.38. The molecule has 0 aromatic heterocycles. The minimum Gasteiger partial charge on any atom is -0.504 e. The Morgan fingerprint density at radius 2 is 2.11 bits per heavy atom. The molecule has 0 radical (unpaired) electrons. The highest BCUT2D eigenvalue weighted by molar-refractivity contribution is 5.89. The number of ether oxygens (including phenoxy) is 2. The van der Waals surface area contributed by atoms with Crippen molar-refractivity contribution in [3.8, 4) is 11.5 Å². The zero-order valence-corrected chi connectivity index (χ0v) is 15.3. The number of likely N-dealkylation sites (tertiary alicyclic amines) is 1. The van der Waals surface area contributed by atoms with Crippen LogP contribution in [0.5, 0.6) is 11.5 Å². The molecule has 6 nitrogen and oxygen atoms in total. The second-order valence-electron chi connectivity index (χ2n) is 9.69. The van der Waals surface area contributed by atoms with Gasteiger partial charge in [0.25, 0.3) is 0 Å². The van der Waals surface area contributed by atoms with Gasteiger partial charge in [-0.2, -0.15) is 0 Å². The van der Waals surface area contributed by atoms with Crippen LogP contribution in [0.1, 0.15) is 43.2 Å². The predicted octanol–water partition coefficient (Wildman–Crippen LogP) is 1.67. The third-order valence-corrected chi connectivity index (χ3v) is 8.57. The molecule has 4 aliphatic heterocycles. The van der Waals surface area contributed by atoms with Crippen LogP contribution >= 0.6 is 0 Å². The lowest BCUT2D eigenvalue weighted by molar-refractivity contribution is -0.217. The fourth-order valence-corrected chi connectivity index (χ4v) is 7.24. The molecule has 4 bridgehead atoms. The molecule has 4 N–H and O–H groups in total. The first-order valence-corrected chi connectivity index (χ1v) is 10.3. The van der Waals surface area contributed by atoms with E-state index in [4.69, 9.17) is 20.6 Å². The molecular weight excluding hydrogens is 342 g/mol. The van der Waals surface area contributed by atoms with Gasteiger partial charge in [0.1, 0.15) is 17.2 Å². The minimum atomic E-state index is -0.898. The minimum absolute atomic E-state index is 0.184. The number of hydrogen-bond donors (Lipinski definition) is 3. The van der Waals surface area contributed by atoms with Crippen molar-refractivity contribution < 1.29 is 14.6 Å². The third kappa shape index (κ3) is 1.44. The first kappa shape index (κ1) is 15.2. The van der Waals surface area contributed by atoms with Gasteiger partial charge in [-0.1, -0.05) is 6.07 Å². The molecule has 8 rings (SSSR count). The lowest BCUT2D eigenvalue weighted by Crippen LogP contribution is -2.87. The van der Waals surface area contributed by atoms with E-state index in [-0.39, 0.29) is 29.2 Å². The smallest absolute Gasteiger partial charge is 0.205 e. The number of nitrogens with one attached hydrogen (secondary N) is 1. The summed E-state index contributed by atoms with van der Waals surface area (Å²) >= 11 is 0. The van der Waals surface area contributed by atoms with Gasteiger partial charge in [-0.15, -0.1) is 0 Å². The van der Waals surface area contributed by atoms with Crippen LogP contribution in [0.2, 0.25) is 0 Å². The summed E-state index contributed by atoms with van der Waals surface area (Å²) in [6, 6.07) is 4.09. The molecule has 6 heteroatoms. The SMILES string of the molecule is N=C1O[C@@]23CC[C@]1(N)[C@@H]1Oc4c(O)ccc5c4[C@@]12CCN(CC1CC1)C3C5. The standard InChI is InChI=1S/C21H25N3O3/c22-18-20(23)5-6-21(27-18)14-9-12-3-4-13(25)16-15(12)19(21,17(20)26-16)7-8-24(14)10-11-1-2-11/h3-4,11,14,17,22,25H,1-2,5-10,23H2/t14?,17-,19+,20+,21-/m1/s1. The van der Waals surface area contributed by atoms with Crippen LogP contribution in [0, 0.1) is 11.3 Å². The highest BCUT2D eigenvalue weighted by Crippen LogP contribution is 2.70. The van der Waals surface area contributed by atoms with Gasteiger partial charge >= 0.3 is 0 Å². The fraction of sp³-hybridized carbons (Fsp3) is 0.667. The monoisotopic (exact) mass is 367 g/mol. The second kappa shape index (κ2) is 4.28. The van der Waals surface area contributed by atoms with Gasteiger partial charge in [-0.3, -0.25) is 10.3 Å². The number of benzene rings is 1. The van der Waals surface area contributed by atoms with E-state index in [1.165, 1.54) is 18.4 Å². The molecule has 1 unspecified atom stereocenters. The summed E-state index contributed by atoms with van der Waals surface area (Å²) in [4.78, 5) is 2.63. The number of nitrogens with two attached hydrogens (primary N) is 1. The van der Waals surface area contributed by atoms with Gasteiger partial charge in [0.2, 0.25) is 5.90 Å². The van der Waals surface area contributed by atoms with Crippen molar-refractivity contribution in [3.05, 3.63) is 23.3 Å². The number of phenols is 1. The van der Waals surface area contributed by atoms with Crippen LogP contribution in [0.25, 0.3) is 0 Å². The van der Waals surface area contributed by atoms with Gasteiger partial charge in [0.15, 0.2) is 11.5 Å². The van der Waals surface area contributed by atoms with Gasteiger partial charge < -0.3 is 20.3 Å². The van der Waals surface area contributed by atoms with Crippen molar-refractivity contribution in [2.24, 2.45) is 11.7 Å². The van der Waals surface area contributed by atoms with E-state index in [2.05, 4.69) is 11.0 Å². The van der Waals surface area contributed by atoms with Gasteiger partial charge in [-0.05, 0) is 62.6 Å². The molecule has 27 heavy (non-hydrogen) atoms. The average molecular weight is 367 g/mol. The number of nitrogens with zero attached hydrogens (tertiary/aromatic N) is 1. The Morgan fingerprint density at radius 3 is 2.89 bits per heavy atom. The van der Waals surface area contributed by atoms with Crippen molar-refractivity contribution in [1.29, 1.82) is 5.41 Å². The highest BCUT2D eigenvalue weighted by Gasteiger charge is 2.81. The molecule has 142 valence electrons. The number of fused-ring (bicyclic) bond motifs is 2. The lowest BCUT2D eigenvalue weighted by atomic mass is 9.44. The topological polar surface area (TPSA) is 91.8 Å². The highest BCUT2D eigenvalue weighted by atomic mass is 16.5. The second-order valence-corrected chi connectivity index (χ2v) is 9.69. The van der Waals surface area contributed by atoms with Gasteiger partial charge in [0, 0.05) is 12.1 Å². The number of rotatable bonds is 2. The number of piperidine rings is 1. The van der Waals surface area contributed by atoms with Crippen molar-refractivity contribution >= 4 is 5.90 Å². The normalized spacial score (nSPS) is 46.0. The Kier molecular flexibility index (Phi) is 2.40. The van der Waals surface area contributed by atoms with E-state index in [9.17, 15) is 5.11 Å². The summed E-state index contributed by atoms with van der Waals surface area (Å²) in [6.07, 6.45) is 5.78. The van der Waals surface area contributed by atoms with Crippen LogP contribution in [-0.4, -0.2) is 52.3 Å². The van der Waals surface area contributed by atoms with E-state index < -0.39 is 11.1 Å². The van der Waals surface area contributed by atoms with Crippen molar-refractivity contribution in [1.82, 2.24) is 4.90 Å². The lowest BCUT2D eigenvalue weighted by Gasteiger charge is -2.70. The van der Waals surface area contributed by atoms with E-state index >= 15 is 0 Å². The van der Waals surface area contributed by atoms with Crippen LogP contribution in [0.15, 0.2) is 12.1 Å². The number of hydrogen-bond acceptors (Lipinski definition) is 6. The molecule has 2 spiro atoms. The first-order chi connectivity index (χ1) is 13.0. The number of phenolic OH excluding ortho intramolecular Hbond substituents is 1. The summed E-state index contributed by atoms with van der Waals surface area (Å²) < 4.78 is 13.0. The Morgan fingerprint density at radius 1 is 1.26 bits per heavy atom. The Labute approximate surface area is 158 Å². The van der Waals surface area contributed by atoms with Crippen molar-refractivity contribution in [3.63, 3.8) is 0 Å². The van der Waals surface area contributed by atoms with E-state index in [0.717, 1.165) is 50.3 Å². The molecule has 7 aliphatic rings. The molecule has 1 aromatic carbocycles. The summed E-state index contributed by atoms with van der Waals surface area (Å²) in [5.41, 5.74) is 7.50. The largest absolute Gasteiger partial charge is 0.504 e. The summed E-state index contributed by atoms with van der Waals surface area (Å²) in [6.45, 7) is 2.16. The molecule has 4 heterocycles. The maximum atomic E-state index is 10.6. The van der Waals surface area contributed by atoms with Gasteiger partial charge in [0.05, 0.1) is 11.5 Å². The van der Waals surface area contributed by atoms with Crippen molar-refractivity contribution in [2.75, 3.05) is 13.1 Å². The Balaban J connectivity index is 1.51. The number of aromatic hydroxyl groups is 1. The Bertz CT molecular complexity index is 914. The van der Waals surface area contributed by atoms with Crippen LogP contribution in [-0.2, 0) is 16.6 Å². The van der Waals surface area contributed by atoms with E-state index in [1.807, 2.05) is 0 Å². The molecular formula is C21H25N3O3. The van der Waals surface area contributed by atoms with Crippen LogP contribution in [0.3, 0.4) is 0 Å². The molecule has 2 saturated carbocycles. The quantitative estimate of drug-likeness (QED) is 0.740. The summed E-state index contributed by atoms with van der Waals surface area (Å²) in [5.74, 6) is 1.80. The molecule has 5 atom stereocenters. The predicted molar refractivity (Wildman–Crippen MR) is 98.3 cm³/mol. The zero-order valence-electron chi connectivity index (χ0n) is 15.3. The van der Waals surface area contributed by atoms with E-state index in [1.54, 1.807) is 6.07 Å². The molecule has 5 fully saturated rings. The molecule has 3 saturated heterocycles. The van der Waals surface area contributed by atoms with E-state index in [0.29, 0.717) is 5.75 Å². The van der Waals surface area contributed by atoms with Gasteiger partial charge in [-0.25, -0.2) is 0 Å². The third-order valence-electron chi connectivity index (χ3n) is 8.57.